The summed E-state index contributed by atoms with van der Waals surface area (Å²) in [6, 6.07) is 17.6. The summed E-state index contributed by atoms with van der Waals surface area (Å²) in [5.41, 5.74) is 3.52. The number of thiazole rings is 1. The standard InChI is InChI=1S/C26H25N3O3S/c1-3-19-8-10-21(11-9-19)29-25(31)23(16-20-6-4-18(2)5-7-20)33-26(29)22(17-27)24(30)28-12-14-32-15-13-28/h4-11,16H,3,12-15H2,1-2H3/b23-16+,26-22-. The van der Waals surface area contributed by atoms with Crippen molar-refractivity contribution in [3.05, 3.63) is 84.8 Å². The van der Waals surface area contributed by atoms with Crippen molar-refractivity contribution in [2.75, 3.05) is 26.3 Å². The van der Waals surface area contributed by atoms with Crippen molar-refractivity contribution in [2.45, 2.75) is 20.3 Å². The van der Waals surface area contributed by atoms with Crippen molar-refractivity contribution < 1.29 is 9.53 Å². The Balaban J connectivity index is 1.96. The first kappa shape index (κ1) is 22.7. The molecule has 168 valence electrons. The van der Waals surface area contributed by atoms with Gasteiger partial charge in [0.1, 0.15) is 10.7 Å². The van der Waals surface area contributed by atoms with Crippen LogP contribution < -0.4 is 14.8 Å². The normalized spacial score (nSPS) is 15.3. The summed E-state index contributed by atoms with van der Waals surface area (Å²) >= 11 is 1.17. The zero-order valence-corrected chi connectivity index (χ0v) is 19.5. The van der Waals surface area contributed by atoms with Gasteiger partial charge in [-0.25, -0.2) is 0 Å². The number of rotatable bonds is 4. The topological polar surface area (TPSA) is 75.3 Å². The zero-order valence-electron chi connectivity index (χ0n) is 18.7. The first-order valence-electron chi connectivity index (χ1n) is 10.9. The Morgan fingerprint density at radius 1 is 1.12 bits per heavy atom. The second-order valence-corrected chi connectivity index (χ2v) is 8.91. The molecule has 6 nitrogen and oxygen atoms in total. The minimum atomic E-state index is -0.372. The molecule has 1 aliphatic rings. The molecule has 1 aromatic heterocycles. The molecule has 0 aliphatic carbocycles. The molecule has 0 bridgehead atoms. The number of ether oxygens (including phenoxy) is 1. The molecule has 0 spiro atoms. The Bertz CT molecular complexity index is 1370. The van der Waals surface area contributed by atoms with Gasteiger partial charge in [-0.2, -0.15) is 5.26 Å². The maximum absolute atomic E-state index is 13.5. The summed E-state index contributed by atoms with van der Waals surface area (Å²) in [5, 5.41) is 9.97. The maximum atomic E-state index is 13.5. The fourth-order valence-electron chi connectivity index (χ4n) is 3.69. The highest BCUT2D eigenvalue weighted by atomic mass is 32.1. The van der Waals surface area contributed by atoms with Crippen LogP contribution in [-0.2, 0) is 16.0 Å². The van der Waals surface area contributed by atoms with E-state index in [1.807, 2.05) is 55.5 Å². The van der Waals surface area contributed by atoms with Crippen molar-refractivity contribution in [2.24, 2.45) is 0 Å². The molecular weight excluding hydrogens is 434 g/mol. The third-order valence-corrected chi connectivity index (χ3v) is 6.73. The Kier molecular flexibility index (Phi) is 6.87. The SMILES string of the molecule is CCc1ccc(-n2c(=O)/c(=C\c3ccc(C)cc3)s/c2=C(/C#N)C(=O)N2CCOCC2)cc1. The van der Waals surface area contributed by atoms with Gasteiger partial charge in [-0.3, -0.25) is 14.2 Å². The number of amides is 1. The van der Waals surface area contributed by atoms with E-state index in [2.05, 4.69) is 13.0 Å². The monoisotopic (exact) mass is 459 g/mol. The number of morpholine rings is 1. The molecule has 1 saturated heterocycles. The van der Waals surface area contributed by atoms with E-state index < -0.39 is 0 Å². The molecule has 0 unspecified atom stereocenters. The van der Waals surface area contributed by atoms with E-state index in [1.54, 1.807) is 11.0 Å². The number of aryl methyl sites for hydroxylation is 2. The van der Waals surface area contributed by atoms with Gasteiger partial charge in [0.15, 0.2) is 5.57 Å². The van der Waals surface area contributed by atoms with Crippen LogP contribution in [0, 0.1) is 18.3 Å². The number of hydrogen-bond donors (Lipinski definition) is 0. The summed E-state index contributed by atoms with van der Waals surface area (Å²) < 4.78 is 7.64. The molecule has 2 heterocycles. The molecule has 3 aromatic rings. The number of nitrogens with zero attached hydrogens (tertiary/aromatic N) is 3. The summed E-state index contributed by atoms with van der Waals surface area (Å²) in [6.07, 6.45) is 2.68. The highest BCUT2D eigenvalue weighted by molar-refractivity contribution is 7.07. The lowest BCUT2D eigenvalue weighted by molar-refractivity contribution is -0.128. The van der Waals surface area contributed by atoms with E-state index in [9.17, 15) is 14.9 Å². The summed E-state index contributed by atoms with van der Waals surface area (Å²) in [5.74, 6) is -0.372. The third-order valence-electron chi connectivity index (χ3n) is 5.64. The fraction of sp³-hybridized carbons (Fsp3) is 0.269. The zero-order chi connectivity index (χ0) is 23.4. The Labute approximate surface area is 196 Å². The molecule has 1 fully saturated rings. The van der Waals surface area contributed by atoms with Crippen LogP contribution in [0.2, 0.25) is 0 Å². The van der Waals surface area contributed by atoms with E-state index in [4.69, 9.17) is 4.74 Å². The van der Waals surface area contributed by atoms with E-state index in [1.165, 1.54) is 15.9 Å². The number of nitriles is 1. The van der Waals surface area contributed by atoms with E-state index in [0.717, 1.165) is 23.1 Å². The highest BCUT2D eigenvalue weighted by Crippen LogP contribution is 2.10. The Hall–Kier alpha value is -3.47. The summed E-state index contributed by atoms with van der Waals surface area (Å²) in [7, 11) is 0. The lowest BCUT2D eigenvalue weighted by Crippen LogP contribution is -2.42. The number of carbonyl (C=O) groups excluding carboxylic acids is 1. The van der Waals surface area contributed by atoms with Gasteiger partial charge in [-0.1, -0.05) is 48.9 Å². The van der Waals surface area contributed by atoms with Crippen LogP contribution in [0.3, 0.4) is 0 Å². The molecular formula is C26H25N3O3S. The van der Waals surface area contributed by atoms with Crippen LogP contribution in [-0.4, -0.2) is 41.7 Å². The lowest BCUT2D eigenvalue weighted by atomic mass is 10.1. The molecule has 0 N–H and O–H groups in total. The van der Waals surface area contributed by atoms with Gasteiger partial charge >= 0.3 is 0 Å². The molecule has 2 aromatic carbocycles. The average molecular weight is 460 g/mol. The van der Waals surface area contributed by atoms with Crippen LogP contribution in [0.4, 0.5) is 0 Å². The molecule has 1 aliphatic heterocycles. The van der Waals surface area contributed by atoms with Crippen molar-refractivity contribution in [3.8, 4) is 11.8 Å². The first-order valence-corrected chi connectivity index (χ1v) is 11.7. The van der Waals surface area contributed by atoms with Gasteiger partial charge in [-0.05, 0) is 42.7 Å². The number of carbonyl (C=O) groups is 1. The predicted molar refractivity (Wildman–Crippen MR) is 130 cm³/mol. The molecule has 7 heteroatoms. The quantitative estimate of drug-likeness (QED) is 0.599. The molecule has 0 saturated carbocycles. The van der Waals surface area contributed by atoms with Gasteiger partial charge in [0.2, 0.25) is 0 Å². The maximum Gasteiger partial charge on any atom is 0.273 e. The van der Waals surface area contributed by atoms with Crippen LogP contribution in [0.25, 0.3) is 17.3 Å². The average Bonchev–Trinajstić information content (AvgIpc) is 3.17. The van der Waals surface area contributed by atoms with Crippen LogP contribution in [0.5, 0.6) is 0 Å². The minimum absolute atomic E-state index is 0.0258. The summed E-state index contributed by atoms with van der Waals surface area (Å²) in [6.45, 7) is 5.79. The van der Waals surface area contributed by atoms with Crippen LogP contribution in [0.1, 0.15) is 23.6 Å². The van der Waals surface area contributed by atoms with E-state index >= 15 is 0 Å². The van der Waals surface area contributed by atoms with Gasteiger partial charge in [-0.15, -0.1) is 11.3 Å². The first-order chi connectivity index (χ1) is 16.0. The Morgan fingerprint density at radius 3 is 2.39 bits per heavy atom. The van der Waals surface area contributed by atoms with Gasteiger partial charge in [0.25, 0.3) is 11.5 Å². The largest absolute Gasteiger partial charge is 0.378 e. The van der Waals surface area contributed by atoms with Crippen LogP contribution in [0.15, 0.2) is 53.3 Å². The molecule has 33 heavy (non-hydrogen) atoms. The highest BCUT2D eigenvalue weighted by Gasteiger charge is 2.24. The Morgan fingerprint density at radius 2 is 1.79 bits per heavy atom. The molecule has 0 atom stereocenters. The van der Waals surface area contributed by atoms with E-state index in [0.29, 0.717) is 41.2 Å². The van der Waals surface area contributed by atoms with Crippen LogP contribution >= 0.6 is 11.3 Å². The van der Waals surface area contributed by atoms with Crippen molar-refractivity contribution >= 4 is 28.9 Å². The molecule has 1 amide bonds. The van der Waals surface area contributed by atoms with Crippen molar-refractivity contribution in [3.63, 3.8) is 0 Å². The van der Waals surface area contributed by atoms with Gasteiger partial charge < -0.3 is 9.64 Å². The van der Waals surface area contributed by atoms with Gasteiger partial charge in [0.05, 0.1) is 23.4 Å². The molecule has 4 rings (SSSR count). The van der Waals surface area contributed by atoms with E-state index in [-0.39, 0.29) is 17.0 Å². The molecule has 0 radical (unpaired) electrons. The number of benzene rings is 2. The fourth-order valence-corrected chi connectivity index (χ4v) is 4.79. The number of aromatic nitrogens is 1. The second kappa shape index (κ2) is 9.99. The third kappa shape index (κ3) is 4.82. The smallest absolute Gasteiger partial charge is 0.273 e. The lowest BCUT2D eigenvalue weighted by Gasteiger charge is -2.26. The second-order valence-electron chi connectivity index (χ2n) is 7.88. The van der Waals surface area contributed by atoms with Crippen molar-refractivity contribution in [1.82, 2.24) is 9.47 Å². The summed E-state index contributed by atoms with van der Waals surface area (Å²) in [4.78, 5) is 28.3. The number of hydrogen-bond acceptors (Lipinski definition) is 5. The van der Waals surface area contributed by atoms with Gasteiger partial charge in [0, 0.05) is 13.1 Å². The van der Waals surface area contributed by atoms with Crippen molar-refractivity contribution in [1.29, 1.82) is 5.26 Å². The predicted octanol–water partition coefficient (Wildman–Crippen LogP) is 2.13. The minimum Gasteiger partial charge on any atom is -0.378 e.